The number of fused-ring (bicyclic) bond motifs is 8. The Labute approximate surface area is 254 Å². The van der Waals surface area contributed by atoms with E-state index in [1.807, 2.05) is 42.5 Å². The minimum Gasteiger partial charge on any atom is -0.390 e. The van der Waals surface area contributed by atoms with Gasteiger partial charge in [0.25, 0.3) is 5.56 Å². The summed E-state index contributed by atoms with van der Waals surface area (Å²) < 4.78 is 21.4. The molecule has 15 heteroatoms. The van der Waals surface area contributed by atoms with E-state index in [4.69, 9.17) is 14.5 Å². The minimum absolute atomic E-state index is 0.0283. The average molecular weight is 633 g/mol. The smallest absolute Gasteiger partial charge is 0.390 e. The van der Waals surface area contributed by atoms with Gasteiger partial charge in [-0.1, -0.05) is 0 Å². The molecule has 232 valence electrons. The van der Waals surface area contributed by atoms with Crippen molar-refractivity contribution < 1.29 is 28.7 Å². The Balaban J connectivity index is 0.000000161. The molecule has 0 aliphatic carbocycles. The highest BCUT2D eigenvalue weighted by atomic mass is 31.2. The number of phosphoric ester groups is 1. The maximum Gasteiger partial charge on any atom is 0.469 e. The van der Waals surface area contributed by atoms with E-state index in [0.29, 0.717) is 5.56 Å². The molecule has 0 radical (unpaired) electrons. The Morgan fingerprint density at radius 2 is 1.38 bits per heavy atom. The molecule has 1 saturated heterocycles. The molecule has 7 rings (SSSR count). The summed E-state index contributed by atoms with van der Waals surface area (Å²) in [5.41, 5.74) is 6.94. The second-order valence-corrected chi connectivity index (χ2v) is 11.8. The van der Waals surface area contributed by atoms with E-state index < -0.39 is 44.1 Å². The second-order valence-electron chi connectivity index (χ2n) is 10.6. The molecule has 3 aliphatic heterocycles. The summed E-state index contributed by atoms with van der Waals surface area (Å²) in [4.78, 5) is 58.3. The van der Waals surface area contributed by atoms with Gasteiger partial charge in [-0.15, -0.1) is 0 Å². The maximum absolute atomic E-state index is 11.7. The number of hydrogen-bond acceptors (Lipinski definition) is 8. The summed E-state index contributed by atoms with van der Waals surface area (Å²) in [7, 11) is -4.67. The van der Waals surface area contributed by atoms with E-state index in [9.17, 15) is 19.3 Å². The molecule has 6 N–H and O–H groups in total. The fraction of sp³-hybridized carbons (Fsp3) is 0.200. The summed E-state index contributed by atoms with van der Waals surface area (Å²) in [6.07, 6.45) is 6.48. The second kappa shape index (κ2) is 12.4. The molecule has 0 amide bonds. The number of hydrogen-bond donors (Lipinski definition) is 6. The number of aliphatic hydroxyl groups is 1. The van der Waals surface area contributed by atoms with Crippen LogP contribution in [0.15, 0.2) is 64.3 Å². The van der Waals surface area contributed by atoms with Gasteiger partial charge >= 0.3 is 13.5 Å². The standard InChI is InChI=1S/C20H14N4.C10H15N2O8P/c1-2-14-10-16-5-6-18(23-16)12-20-8-7-19(24-20)11-17-4-3-15(22-17)9-13(1)21-14;1-5-3-12(10(15)11-9(5)14)8-2-6(13)7(20-8)4-19-21(16,17)18/h1-12,21-22H;3,6-8,13H,2,4H2,1H3,(H,11,14,15)(H2,16,17,18)/t;6-,7+,8+/m.0/s1. The van der Waals surface area contributed by atoms with Gasteiger partial charge in [-0.05, 0) is 79.8 Å². The van der Waals surface area contributed by atoms with Crippen molar-refractivity contribution >= 4 is 54.2 Å². The van der Waals surface area contributed by atoms with Gasteiger partial charge in [0.2, 0.25) is 0 Å². The first kappa shape index (κ1) is 30.3. The lowest BCUT2D eigenvalue weighted by Gasteiger charge is -2.16. The van der Waals surface area contributed by atoms with Crippen LogP contribution in [0.3, 0.4) is 0 Å². The molecule has 8 bridgehead atoms. The van der Waals surface area contributed by atoms with Crippen LogP contribution < -0.4 is 11.2 Å². The van der Waals surface area contributed by atoms with Crippen LogP contribution in [0.1, 0.15) is 41.0 Å². The highest BCUT2D eigenvalue weighted by Crippen LogP contribution is 2.38. The lowest BCUT2D eigenvalue weighted by Crippen LogP contribution is -2.33. The lowest BCUT2D eigenvalue weighted by atomic mass is 10.2. The van der Waals surface area contributed by atoms with Crippen LogP contribution in [0.2, 0.25) is 0 Å². The number of rotatable bonds is 4. The average Bonchev–Trinajstić information content (AvgIpc) is 3.81. The van der Waals surface area contributed by atoms with Gasteiger partial charge in [0, 0.05) is 40.2 Å². The van der Waals surface area contributed by atoms with Crippen LogP contribution in [0.4, 0.5) is 0 Å². The molecular formula is C30H29N6O8P. The first-order valence-electron chi connectivity index (χ1n) is 13.9. The summed E-state index contributed by atoms with van der Waals surface area (Å²) in [6.45, 7) is 0.994. The third-order valence-electron chi connectivity index (χ3n) is 7.11. The van der Waals surface area contributed by atoms with Crippen LogP contribution >= 0.6 is 7.82 Å². The zero-order valence-electron chi connectivity index (χ0n) is 23.8. The summed E-state index contributed by atoms with van der Waals surface area (Å²) in [5.74, 6) is 0. The minimum atomic E-state index is -4.67. The molecule has 0 aromatic carbocycles. The number of aromatic nitrogens is 6. The van der Waals surface area contributed by atoms with Crippen molar-refractivity contribution in [2.24, 2.45) is 0 Å². The Morgan fingerprint density at radius 1 is 0.867 bits per heavy atom. The van der Waals surface area contributed by atoms with E-state index in [2.05, 4.69) is 59.8 Å². The largest absolute Gasteiger partial charge is 0.469 e. The number of nitrogens with one attached hydrogen (secondary N) is 3. The molecule has 7 heterocycles. The van der Waals surface area contributed by atoms with Crippen molar-refractivity contribution in [1.29, 1.82) is 0 Å². The molecule has 0 saturated carbocycles. The van der Waals surface area contributed by atoms with Gasteiger partial charge in [0.1, 0.15) is 12.3 Å². The van der Waals surface area contributed by atoms with Crippen LogP contribution in [0.25, 0.3) is 46.4 Å². The number of H-pyrrole nitrogens is 3. The first-order valence-corrected chi connectivity index (χ1v) is 15.4. The van der Waals surface area contributed by atoms with E-state index in [1.165, 1.54) is 13.1 Å². The normalized spacial score (nSPS) is 19.0. The SMILES string of the molecule is C1=Cc2cc3ccc(cc4ccc(cc5nc(cc1n2)C=C5)[nH]4)[nH]3.Cc1cn([C@H]2C[C@H](O)[C@@H](COP(=O)(O)O)O2)c(=O)[nH]c1=O. The van der Waals surface area contributed by atoms with Crippen molar-refractivity contribution in [3.63, 3.8) is 0 Å². The van der Waals surface area contributed by atoms with Gasteiger partial charge in [0.15, 0.2) is 0 Å². The zero-order valence-corrected chi connectivity index (χ0v) is 24.7. The third-order valence-corrected chi connectivity index (χ3v) is 7.59. The quantitative estimate of drug-likeness (QED) is 0.156. The Hall–Kier alpha value is -4.69. The lowest BCUT2D eigenvalue weighted by molar-refractivity contribution is -0.0451. The van der Waals surface area contributed by atoms with Gasteiger partial charge < -0.3 is 29.6 Å². The zero-order chi connectivity index (χ0) is 31.7. The molecule has 3 aliphatic rings. The maximum atomic E-state index is 11.7. The molecular weight excluding hydrogens is 603 g/mol. The van der Waals surface area contributed by atoms with Gasteiger partial charge in [0.05, 0.1) is 35.5 Å². The Morgan fingerprint density at radius 3 is 1.91 bits per heavy atom. The van der Waals surface area contributed by atoms with Crippen LogP contribution in [-0.4, -0.2) is 63.2 Å². The number of aliphatic hydroxyl groups excluding tert-OH is 1. The van der Waals surface area contributed by atoms with Gasteiger partial charge in [-0.3, -0.25) is 18.9 Å². The Kier molecular flexibility index (Phi) is 8.34. The summed E-state index contributed by atoms with van der Waals surface area (Å²) >= 11 is 0. The van der Waals surface area contributed by atoms with Crippen LogP contribution in [0.5, 0.6) is 0 Å². The molecule has 14 nitrogen and oxygen atoms in total. The fourth-order valence-corrected chi connectivity index (χ4v) is 5.29. The van der Waals surface area contributed by atoms with Crippen molar-refractivity contribution in [3.05, 3.63) is 104 Å². The third kappa shape index (κ3) is 7.52. The van der Waals surface area contributed by atoms with Crippen molar-refractivity contribution in [2.75, 3.05) is 6.61 Å². The number of ether oxygens (including phenoxy) is 1. The molecule has 0 spiro atoms. The monoisotopic (exact) mass is 632 g/mol. The molecule has 0 unspecified atom stereocenters. The van der Waals surface area contributed by atoms with Crippen molar-refractivity contribution in [3.8, 4) is 0 Å². The first-order chi connectivity index (χ1) is 21.5. The molecule has 1 fully saturated rings. The highest BCUT2D eigenvalue weighted by molar-refractivity contribution is 7.46. The van der Waals surface area contributed by atoms with Crippen molar-refractivity contribution in [1.82, 2.24) is 29.5 Å². The molecule has 45 heavy (non-hydrogen) atoms. The predicted octanol–water partition coefficient (Wildman–Crippen LogP) is 3.26. The van der Waals surface area contributed by atoms with Crippen molar-refractivity contribution in [2.45, 2.75) is 31.8 Å². The fourth-order valence-electron chi connectivity index (χ4n) is 4.95. The molecule has 3 atom stereocenters. The van der Waals surface area contributed by atoms with Gasteiger partial charge in [-0.2, -0.15) is 0 Å². The van der Waals surface area contributed by atoms with Gasteiger partial charge in [-0.25, -0.2) is 19.3 Å². The summed E-state index contributed by atoms with van der Waals surface area (Å²) in [5, 5.41) is 9.79. The van der Waals surface area contributed by atoms with E-state index >= 15 is 0 Å². The number of phosphoric acid groups is 1. The van der Waals surface area contributed by atoms with E-state index in [0.717, 1.165) is 49.4 Å². The van der Waals surface area contributed by atoms with E-state index in [-0.39, 0.29) is 6.42 Å². The predicted molar refractivity (Wildman–Crippen MR) is 167 cm³/mol. The number of nitrogens with zero attached hydrogens (tertiary/aromatic N) is 3. The molecule has 4 aromatic heterocycles. The number of aryl methyl sites for hydroxylation is 1. The van der Waals surface area contributed by atoms with Crippen LogP contribution in [-0.2, 0) is 13.8 Å². The number of aromatic amines is 3. The highest BCUT2D eigenvalue weighted by Gasteiger charge is 2.37. The topological polar surface area (TPSA) is 208 Å². The summed E-state index contributed by atoms with van der Waals surface area (Å²) in [6, 6.07) is 16.4. The Bertz CT molecular complexity index is 2050. The van der Waals surface area contributed by atoms with E-state index in [1.54, 1.807) is 0 Å². The molecule has 4 aromatic rings. The van der Waals surface area contributed by atoms with Crippen LogP contribution in [0, 0.1) is 6.92 Å².